The van der Waals surface area contributed by atoms with E-state index < -0.39 is 11.7 Å². The van der Waals surface area contributed by atoms with Crippen LogP contribution in [-0.2, 0) is 6.18 Å². The Bertz CT molecular complexity index is 491. The van der Waals surface area contributed by atoms with E-state index in [1.54, 1.807) is 12.3 Å². The number of halogens is 4. The maximum atomic E-state index is 12.6. The molecule has 0 unspecified atom stereocenters. The number of alkyl halides is 3. The predicted molar refractivity (Wildman–Crippen MR) is 56.3 cm³/mol. The van der Waals surface area contributed by atoms with E-state index in [0.717, 1.165) is 6.07 Å². The fraction of sp³-hybridized carbons (Fsp3) is 0.100. The van der Waals surface area contributed by atoms with Crippen LogP contribution in [0.25, 0.3) is 5.69 Å². The molecule has 0 aliphatic carbocycles. The molecule has 0 N–H and O–H groups in total. The van der Waals surface area contributed by atoms with Gasteiger partial charge in [-0.15, -0.1) is 0 Å². The van der Waals surface area contributed by atoms with Gasteiger partial charge in [-0.25, -0.2) is 4.98 Å². The molecule has 0 saturated heterocycles. The minimum absolute atomic E-state index is 0.0314. The van der Waals surface area contributed by atoms with Crippen molar-refractivity contribution >= 4 is 15.9 Å². The van der Waals surface area contributed by atoms with Crippen LogP contribution in [0.1, 0.15) is 5.56 Å². The summed E-state index contributed by atoms with van der Waals surface area (Å²) >= 11 is 2.88. The van der Waals surface area contributed by atoms with Crippen LogP contribution < -0.4 is 0 Å². The van der Waals surface area contributed by atoms with E-state index in [4.69, 9.17) is 0 Å². The fourth-order valence-corrected chi connectivity index (χ4v) is 1.77. The Hall–Kier alpha value is -1.30. The maximum absolute atomic E-state index is 12.6. The Morgan fingerprint density at radius 3 is 2.56 bits per heavy atom. The minimum atomic E-state index is -4.37. The fourth-order valence-electron chi connectivity index (χ4n) is 1.30. The number of aromatic nitrogens is 2. The summed E-state index contributed by atoms with van der Waals surface area (Å²) in [5.74, 6) is 0. The molecular weight excluding hydrogens is 285 g/mol. The van der Waals surface area contributed by atoms with E-state index in [9.17, 15) is 13.2 Å². The predicted octanol–water partition coefficient (Wildman–Crippen LogP) is 3.65. The summed E-state index contributed by atoms with van der Waals surface area (Å²) in [6.07, 6.45) is 0.178. The zero-order valence-corrected chi connectivity index (χ0v) is 9.46. The molecular formula is C10H6BrF3N2. The molecule has 84 valence electrons. The van der Waals surface area contributed by atoms with Gasteiger partial charge in [-0.2, -0.15) is 13.2 Å². The van der Waals surface area contributed by atoms with Gasteiger partial charge in [0.05, 0.1) is 11.9 Å². The molecule has 6 heteroatoms. The molecule has 0 bridgehead atoms. The largest absolute Gasteiger partial charge is 0.417 e. The van der Waals surface area contributed by atoms with Gasteiger partial charge >= 0.3 is 6.18 Å². The van der Waals surface area contributed by atoms with Crippen LogP contribution in [0.2, 0.25) is 0 Å². The molecule has 0 atom stereocenters. The standard InChI is InChI=1S/C10H6BrF3N2/c11-9-2-1-7(16-4-3-15-6-16)5-8(9)10(12,13)14/h1-6H. The molecule has 1 aromatic heterocycles. The summed E-state index contributed by atoms with van der Waals surface area (Å²) in [7, 11) is 0. The first-order valence-electron chi connectivity index (χ1n) is 4.33. The van der Waals surface area contributed by atoms with Gasteiger partial charge in [0.15, 0.2) is 0 Å². The average Bonchev–Trinajstić information content (AvgIpc) is 2.69. The Kier molecular flexibility index (Phi) is 2.75. The first-order valence-corrected chi connectivity index (χ1v) is 5.13. The molecule has 0 fully saturated rings. The number of nitrogens with zero attached hydrogens (tertiary/aromatic N) is 2. The number of rotatable bonds is 1. The Morgan fingerprint density at radius 2 is 2.00 bits per heavy atom. The lowest BCUT2D eigenvalue weighted by Gasteiger charge is -2.11. The highest BCUT2D eigenvalue weighted by Gasteiger charge is 2.33. The van der Waals surface area contributed by atoms with Crippen molar-refractivity contribution in [3.05, 3.63) is 47.0 Å². The molecule has 0 radical (unpaired) electrons. The SMILES string of the molecule is FC(F)(F)c1cc(-n2ccnc2)ccc1Br. The molecule has 0 amide bonds. The van der Waals surface area contributed by atoms with E-state index >= 15 is 0 Å². The first-order chi connectivity index (χ1) is 7.48. The molecule has 2 rings (SSSR count). The van der Waals surface area contributed by atoms with Gasteiger partial charge in [-0.05, 0) is 18.2 Å². The molecule has 1 heterocycles. The third-order valence-corrected chi connectivity index (χ3v) is 2.75. The number of hydrogen-bond acceptors (Lipinski definition) is 1. The number of hydrogen-bond donors (Lipinski definition) is 0. The van der Waals surface area contributed by atoms with Crippen LogP contribution in [0.4, 0.5) is 13.2 Å². The molecule has 2 nitrogen and oxygen atoms in total. The van der Waals surface area contributed by atoms with Gasteiger partial charge in [-0.1, -0.05) is 15.9 Å². The second-order valence-corrected chi connectivity index (χ2v) is 3.99. The van der Waals surface area contributed by atoms with Gasteiger partial charge in [-0.3, -0.25) is 0 Å². The molecule has 1 aromatic carbocycles. The molecule has 2 aromatic rings. The smallest absolute Gasteiger partial charge is 0.306 e. The van der Waals surface area contributed by atoms with E-state index in [2.05, 4.69) is 20.9 Å². The lowest BCUT2D eigenvalue weighted by molar-refractivity contribution is -0.138. The summed E-state index contributed by atoms with van der Waals surface area (Å²) in [6, 6.07) is 4.03. The first kappa shape index (κ1) is 11.2. The van der Waals surface area contributed by atoms with Crippen molar-refractivity contribution in [1.29, 1.82) is 0 Å². The monoisotopic (exact) mass is 290 g/mol. The lowest BCUT2D eigenvalue weighted by atomic mass is 10.2. The van der Waals surface area contributed by atoms with E-state index in [0.29, 0.717) is 5.69 Å². The summed E-state index contributed by atoms with van der Waals surface area (Å²) < 4.78 is 39.4. The van der Waals surface area contributed by atoms with Crippen LogP contribution in [0.5, 0.6) is 0 Å². The zero-order valence-electron chi connectivity index (χ0n) is 7.87. The zero-order chi connectivity index (χ0) is 11.8. The van der Waals surface area contributed by atoms with Crippen molar-refractivity contribution < 1.29 is 13.2 Å². The third kappa shape index (κ3) is 2.11. The van der Waals surface area contributed by atoms with E-state index in [1.165, 1.54) is 23.2 Å². The molecule has 0 spiro atoms. The summed E-state index contributed by atoms with van der Waals surface area (Å²) in [6.45, 7) is 0. The maximum Gasteiger partial charge on any atom is 0.417 e. The van der Waals surface area contributed by atoms with Gasteiger partial charge in [0.2, 0.25) is 0 Å². The summed E-state index contributed by atoms with van der Waals surface area (Å²) in [4.78, 5) is 3.78. The Balaban J connectivity index is 2.52. The second kappa shape index (κ2) is 3.93. The third-order valence-electron chi connectivity index (χ3n) is 2.06. The quantitative estimate of drug-likeness (QED) is 0.784. The van der Waals surface area contributed by atoms with Crippen molar-refractivity contribution in [3.8, 4) is 5.69 Å². The van der Waals surface area contributed by atoms with Crippen LogP contribution in [0, 0.1) is 0 Å². The Morgan fingerprint density at radius 1 is 1.25 bits per heavy atom. The minimum Gasteiger partial charge on any atom is -0.306 e. The Labute approximate surface area is 97.9 Å². The number of imidazole rings is 1. The topological polar surface area (TPSA) is 17.8 Å². The highest BCUT2D eigenvalue weighted by molar-refractivity contribution is 9.10. The van der Waals surface area contributed by atoms with Crippen molar-refractivity contribution in [2.24, 2.45) is 0 Å². The lowest BCUT2D eigenvalue weighted by Crippen LogP contribution is -2.07. The van der Waals surface area contributed by atoms with Crippen LogP contribution >= 0.6 is 15.9 Å². The van der Waals surface area contributed by atoms with Gasteiger partial charge in [0, 0.05) is 22.6 Å². The second-order valence-electron chi connectivity index (χ2n) is 3.13. The van der Waals surface area contributed by atoms with Crippen LogP contribution in [-0.4, -0.2) is 9.55 Å². The average molecular weight is 291 g/mol. The molecule has 16 heavy (non-hydrogen) atoms. The number of benzene rings is 1. The van der Waals surface area contributed by atoms with Crippen molar-refractivity contribution in [1.82, 2.24) is 9.55 Å². The molecule has 0 aliphatic heterocycles. The normalized spacial score (nSPS) is 11.8. The molecule has 0 saturated carbocycles. The van der Waals surface area contributed by atoms with E-state index in [1.807, 2.05) is 0 Å². The highest BCUT2D eigenvalue weighted by atomic mass is 79.9. The van der Waals surface area contributed by atoms with Crippen molar-refractivity contribution in [2.45, 2.75) is 6.18 Å². The summed E-state index contributed by atoms with van der Waals surface area (Å²) in [5, 5.41) is 0. The van der Waals surface area contributed by atoms with Crippen molar-refractivity contribution in [3.63, 3.8) is 0 Å². The molecule has 0 aliphatic rings. The highest BCUT2D eigenvalue weighted by Crippen LogP contribution is 2.35. The van der Waals surface area contributed by atoms with E-state index in [-0.39, 0.29) is 4.47 Å². The van der Waals surface area contributed by atoms with Crippen LogP contribution in [0.3, 0.4) is 0 Å². The van der Waals surface area contributed by atoms with Crippen molar-refractivity contribution in [2.75, 3.05) is 0 Å². The van der Waals surface area contributed by atoms with Gasteiger partial charge in [0.1, 0.15) is 0 Å². The van der Waals surface area contributed by atoms with Gasteiger partial charge < -0.3 is 4.57 Å². The summed E-state index contributed by atoms with van der Waals surface area (Å²) in [5.41, 5.74) is -0.272. The van der Waals surface area contributed by atoms with Crippen LogP contribution in [0.15, 0.2) is 41.4 Å². The van der Waals surface area contributed by atoms with Gasteiger partial charge in [0.25, 0.3) is 0 Å².